The summed E-state index contributed by atoms with van der Waals surface area (Å²) in [6, 6.07) is 9.69. The first kappa shape index (κ1) is 14.1. The Morgan fingerprint density at radius 3 is 2.35 bits per heavy atom. The molecule has 2 aliphatic heterocycles. The average Bonchev–Trinajstić information content (AvgIpc) is 2.51. The summed E-state index contributed by atoms with van der Waals surface area (Å²) in [5, 5.41) is 0. The Morgan fingerprint density at radius 1 is 0.950 bits per heavy atom. The van der Waals surface area contributed by atoms with Gasteiger partial charge in [0.25, 0.3) is 0 Å². The number of likely N-dealkylation sites (tertiary alicyclic amines) is 2. The quantitative estimate of drug-likeness (QED) is 0.831. The number of benzene rings is 1. The number of piperidine rings is 2. The van der Waals surface area contributed by atoms with E-state index in [4.69, 9.17) is 0 Å². The van der Waals surface area contributed by atoms with Crippen molar-refractivity contribution in [2.45, 2.75) is 51.6 Å². The van der Waals surface area contributed by atoms with Gasteiger partial charge in [-0.1, -0.05) is 30.7 Å². The van der Waals surface area contributed by atoms with E-state index < -0.39 is 0 Å². The zero-order valence-corrected chi connectivity index (χ0v) is 12.9. The zero-order valence-electron chi connectivity index (χ0n) is 12.9. The van der Waals surface area contributed by atoms with Crippen molar-refractivity contribution in [3.8, 4) is 0 Å². The minimum Gasteiger partial charge on any atom is -0.300 e. The third-order valence-corrected chi connectivity index (χ3v) is 5.12. The second-order valence-corrected chi connectivity index (χ2v) is 6.53. The maximum absolute atomic E-state index is 2.76. The predicted octanol–water partition coefficient (Wildman–Crippen LogP) is 3.45. The van der Waals surface area contributed by atoms with Gasteiger partial charge in [-0.15, -0.1) is 0 Å². The van der Waals surface area contributed by atoms with Gasteiger partial charge in [0.15, 0.2) is 0 Å². The lowest BCUT2D eigenvalue weighted by atomic mass is 9.99. The predicted molar refractivity (Wildman–Crippen MR) is 84.9 cm³/mol. The van der Waals surface area contributed by atoms with Crippen LogP contribution in [0.1, 0.15) is 43.2 Å². The molecule has 0 radical (unpaired) electrons. The van der Waals surface area contributed by atoms with Crippen molar-refractivity contribution in [2.24, 2.45) is 0 Å². The van der Waals surface area contributed by atoms with E-state index in [9.17, 15) is 0 Å². The van der Waals surface area contributed by atoms with Gasteiger partial charge < -0.3 is 4.90 Å². The molecule has 1 aromatic rings. The first-order valence-electron chi connectivity index (χ1n) is 8.34. The Kier molecular flexibility index (Phi) is 4.74. The van der Waals surface area contributed by atoms with Gasteiger partial charge in [0, 0.05) is 12.6 Å². The molecule has 0 N–H and O–H groups in total. The molecule has 0 spiro atoms. The molecule has 110 valence electrons. The van der Waals surface area contributed by atoms with Crippen LogP contribution in [0.15, 0.2) is 24.3 Å². The fourth-order valence-electron chi connectivity index (χ4n) is 3.75. The molecule has 0 bridgehead atoms. The van der Waals surface area contributed by atoms with Crippen LogP contribution in [-0.2, 0) is 6.54 Å². The van der Waals surface area contributed by atoms with Crippen molar-refractivity contribution in [2.75, 3.05) is 26.2 Å². The average molecular weight is 272 g/mol. The molecule has 0 amide bonds. The molecule has 2 heteroatoms. The number of nitrogens with zero attached hydrogens (tertiary/aromatic N) is 2. The van der Waals surface area contributed by atoms with Crippen LogP contribution < -0.4 is 0 Å². The molecule has 2 saturated heterocycles. The Hall–Kier alpha value is -0.860. The summed E-state index contributed by atoms with van der Waals surface area (Å²) < 4.78 is 0. The molecular weight excluding hydrogens is 244 g/mol. The van der Waals surface area contributed by atoms with Crippen molar-refractivity contribution in [3.63, 3.8) is 0 Å². The van der Waals surface area contributed by atoms with Gasteiger partial charge in [0.05, 0.1) is 0 Å². The highest BCUT2D eigenvalue weighted by Crippen LogP contribution is 2.22. The van der Waals surface area contributed by atoms with Gasteiger partial charge in [0.1, 0.15) is 0 Å². The Bertz CT molecular complexity index is 415. The van der Waals surface area contributed by atoms with E-state index in [1.54, 1.807) is 0 Å². The molecule has 0 saturated carbocycles. The Morgan fingerprint density at radius 2 is 1.65 bits per heavy atom. The van der Waals surface area contributed by atoms with Crippen LogP contribution in [0.3, 0.4) is 0 Å². The smallest absolute Gasteiger partial charge is 0.0236 e. The highest BCUT2D eigenvalue weighted by Gasteiger charge is 2.25. The monoisotopic (exact) mass is 272 g/mol. The van der Waals surface area contributed by atoms with E-state index >= 15 is 0 Å². The molecule has 0 atom stereocenters. The normalized spacial score (nSPS) is 23.1. The fraction of sp³-hybridized carbons (Fsp3) is 0.667. The minimum absolute atomic E-state index is 0.864. The van der Waals surface area contributed by atoms with Crippen molar-refractivity contribution >= 4 is 0 Å². The summed E-state index contributed by atoms with van der Waals surface area (Å²) in [5.41, 5.74) is 2.94. The maximum Gasteiger partial charge on any atom is 0.0236 e. The second kappa shape index (κ2) is 6.73. The van der Waals surface area contributed by atoms with Gasteiger partial charge in [-0.25, -0.2) is 0 Å². The third kappa shape index (κ3) is 3.42. The van der Waals surface area contributed by atoms with Crippen LogP contribution in [0.4, 0.5) is 0 Å². The lowest BCUT2D eigenvalue weighted by Crippen LogP contribution is -2.46. The highest BCUT2D eigenvalue weighted by atomic mass is 15.2. The van der Waals surface area contributed by atoms with Gasteiger partial charge in [-0.05, 0) is 69.9 Å². The lowest BCUT2D eigenvalue weighted by molar-refractivity contribution is 0.0896. The standard InChI is InChI=1S/C18H28N2/c1-16-7-3-4-8-17(16)15-19-13-9-18(10-14-19)20-11-5-2-6-12-20/h3-4,7-8,18H,2,5-6,9-15H2,1H3. The van der Waals surface area contributed by atoms with E-state index in [0.717, 1.165) is 12.6 Å². The van der Waals surface area contributed by atoms with Crippen LogP contribution in [0.2, 0.25) is 0 Å². The zero-order chi connectivity index (χ0) is 13.8. The first-order chi connectivity index (χ1) is 9.83. The molecule has 2 heterocycles. The van der Waals surface area contributed by atoms with Crippen LogP contribution in [0.5, 0.6) is 0 Å². The minimum atomic E-state index is 0.864. The number of aryl methyl sites for hydroxylation is 1. The van der Waals surface area contributed by atoms with Crippen LogP contribution in [0.25, 0.3) is 0 Å². The molecular formula is C18H28N2. The molecule has 2 fully saturated rings. The van der Waals surface area contributed by atoms with Crippen molar-refractivity contribution in [1.29, 1.82) is 0 Å². The summed E-state index contributed by atoms with van der Waals surface area (Å²) in [4.78, 5) is 5.40. The summed E-state index contributed by atoms with van der Waals surface area (Å²) in [7, 11) is 0. The highest BCUT2D eigenvalue weighted by molar-refractivity contribution is 5.25. The van der Waals surface area contributed by atoms with Crippen molar-refractivity contribution in [3.05, 3.63) is 35.4 Å². The topological polar surface area (TPSA) is 6.48 Å². The van der Waals surface area contributed by atoms with Crippen molar-refractivity contribution in [1.82, 2.24) is 9.80 Å². The Balaban J connectivity index is 1.50. The van der Waals surface area contributed by atoms with E-state index in [-0.39, 0.29) is 0 Å². The van der Waals surface area contributed by atoms with Gasteiger partial charge in [0.2, 0.25) is 0 Å². The number of hydrogen-bond donors (Lipinski definition) is 0. The summed E-state index contributed by atoms with van der Waals surface area (Å²) >= 11 is 0. The van der Waals surface area contributed by atoms with Crippen molar-refractivity contribution < 1.29 is 0 Å². The second-order valence-electron chi connectivity index (χ2n) is 6.53. The van der Waals surface area contributed by atoms with E-state index in [2.05, 4.69) is 41.0 Å². The number of hydrogen-bond acceptors (Lipinski definition) is 2. The van der Waals surface area contributed by atoms with Crippen LogP contribution >= 0.6 is 0 Å². The summed E-state index contributed by atoms with van der Waals surface area (Å²) in [6.45, 7) is 8.62. The molecule has 0 aromatic heterocycles. The third-order valence-electron chi connectivity index (χ3n) is 5.12. The molecule has 20 heavy (non-hydrogen) atoms. The largest absolute Gasteiger partial charge is 0.300 e. The molecule has 2 aliphatic rings. The number of rotatable bonds is 3. The SMILES string of the molecule is Cc1ccccc1CN1CCC(N2CCCCC2)CC1. The van der Waals surface area contributed by atoms with E-state index in [1.807, 2.05) is 0 Å². The lowest BCUT2D eigenvalue weighted by Gasteiger charge is -2.40. The summed E-state index contributed by atoms with van der Waals surface area (Å²) in [5.74, 6) is 0. The van der Waals surface area contributed by atoms with Gasteiger partial charge >= 0.3 is 0 Å². The van der Waals surface area contributed by atoms with E-state index in [1.165, 1.54) is 69.4 Å². The first-order valence-corrected chi connectivity index (χ1v) is 8.34. The van der Waals surface area contributed by atoms with E-state index in [0.29, 0.717) is 0 Å². The molecule has 3 rings (SSSR count). The van der Waals surface area contributed by atoms with Crippen LogP contribution in [0, 0.1) is 6.92 Å². The molecule has 2 nitrogen and oxygen atoms in total. The molecule has 0 aliphatic carbocycles. The fourth-order valence-corrected chi connectivity index (χ4v) is 3.75. The summed E-state index contributed by atoms with van der Waals surface area (Å²) in [6.07, 6.45) is 7.02. The Labute approximate surface area is 123 Å². The van der Waals surface area contributed by atoms with Crippen LogP contribution in [-0.4, -0.2) is 42.0 Å². The maximum atomic E-state index is 2.76. The molecule has 1 aromatic carbocycles. The molecule has 0 unspecified atom stereocenters. The van der Waals surface area contributed by atoms with Gasteiger partial charge in [-0.2, -0.15) is 0 Å². The van der Waals surface area contributed by atoms with Gasteiger partial charge in [-0.3, -0.25) is 4.90 Å².